The van der Waals surface area contributed by atoms with Gasteiger partial charge in [0.1, 0.15) is 17.5 Å². The lowest BCUT2D eigenvalue weighted by Crippen LogP contribution is -2.33. The van der Waals surface area contributed by atoms with Crippen molar-refractivity contribution in [2.75, 3.05) is 16.8 Å². The van der Waals surface area contributed by atoms with Crippen molar-refractivity contribution in [1.82, 2.24) is 4.57 Å². The number of imide groups is 1. The zero-order valence-corrected chi connectivity index (χ0v) is 25.3. The Balaban J connectivity index is 1.34. The largest absolute Gasteiger partial charge is 0.508 e. The summed E-state index contributed by atoms with van der Waals surface area (Å²) in [4.78, 5) is 67.4. The first-order valence-electron chi connectivity index (χ1n) is 13.9. The number of hydrogen-bond acceptors (Lipinski definition) is 9. The average molecular weight is 630 g/mol. The first kappa shape index (κ1) is 29.4. The number of carbonyl (C=O) groups is 4. The highest BCUT2D eigenvalue weighted by Crippen LogP contribution is 2.55. The fourth-order valence-corrected chi connectivity index (χ4v) is 8.30. The number of nitrogens with zero attached hydrogens (tertiary/aromatic N) is 2. The Morgan fingerprint density at radius 2 is 1.66 bits per heavy atom. The minimum absolute atomic E-state index is 0.0560. The number of rotatable bonds is 7. The molecule has 0 saturated carbocycles. The summed E-state index contributed by atoms with van der Waals surface area (Å²) in [6.07, 6.45) is 0. The number of phenolic OH excluding ortho intramolecular Hbond substituents is 1. The van der Waals surface area contributed by atoms with Crippen LogP contribution in [-0.4, -0.2) is 45.2 Å². The molecular weight excluding hydrogens is 603 g/mol. The maximum Gasteiger partial charge on any atom is 0.338 e. The molecule has 3 amide bonds. The summed E-state index contributed by atoms with van der Waals surface area (Å²) in [6.45, 7) is 3.52. The van der Waals surface area contributed by atoms with E-state index >= 15 is 0 Å². The number of nitrogens with one attached hydrogen (secondary N) is 1. The smallest absolute Gasteiger partial charge is 0.338 e. The van der Waals surface area contributed by atoms with Gasteiger partial charge < -0.3 is 15.2 Å². The van der Waals surface area contributed by atoms with Gasteiger partial charge in [-0.05, 0) is 56.3 Å². The number of aromatic hydroxyl groups is 1. The summed E-state index contributed by atoms with van der Waals surface area (Å²) >= 11 is 2.00. The van der Waals surface area contributed by atoms with Gasteiger partial charge in [0.2, 0.25) is 17.7 Å². The topological polar surface area (TPSA) is 135 Å². The summed E-state index contributed by atoms with van der Waals surface area (Å²) in [7, 11) is 0. The van der Waals surface area contributed by atoms with E-state index in [9.17, 15) is 29.1 Å². The van der Waals surface area contributed by atoms with E-state index in [0.29, 0.717) is 32.4 Å². The maximum absolute atomic E-state index is 14.0. The number of para-hydroxylation sites is 1. The number of amides is 3. The van der Waals surface area contributed by atoms with Crippen LogP contribution >= 0.6 is 23.1 Å². The molecule has 3 aromatic carbocycles. The lowest BCUT2D eigenvalue weighted by Gasteiger charge is -2.31. The average Bonchev–Trinajstić information content (AvgIpc) is 3.45. The summed E-state index contributed by atoms with van der Waals surface area (Å²) in [5.74, 6) is -3.50. The van der Waals surface area contributed by atoms with Crippen molar-refractivity contribution in [2.45, 2.75) is 36.6 Å². The number of thioether (sulfide) groups is 1. The van der Waals surface area contributed by atoms with E-state index in [1.165, 1.54) is 27.7 Å². The second kappa shape index (κ2) is 11.8. The molecule has 3 heterocycles. The van der Waals surface area contributed by atoms with Crippen molar-refractivity contribution >= 4 is 58.2 Å². The van der Waals surface area contributed by atoms with Gasteiger partial charge in [-0.15, -0.1) is 0 Å². The van der Waals surface area contributed by atoms with Crippen LogP contribution in [-0.2, 0) is 25.7 Å². The lowest BCUT2D eigenvalue weighted by molar-refractivity contribution is -0.122. The molecule has 0 spiro atoms. The number of aryl methyl sites for hydroxylation is 1. The lowest BCUT2D eigenvalue weighted by atomic mass is 9.82. The molecule has 0 aliphatic carbocycles. The molecule has 1 fully saturated rings. The Labute approximate surface area is 260 Å². The standard InChI is InChI=1S/C32H27N3O7S2/c1-3-42-31(40)18-10-12-19(13-11-18)33-23(37)16-34-30-27(44-32(34)41)24(21-6-4-5-7-22(21)36)25-26(43-30)29(39)35(28(25)38)20-14-8-17(2)9-15-20/h4-15,24-26,36H,3,16H2,1-2H3,(H,33,37)/t24-,25?,26?/m0/s1. The molecule has 4 aromatic rings. The van der Waals surface area contributed by atoms with Crippen LogP contribution < -0.4 is 15.1 Å². The Morgan fingerprint density at radius 1 is 0.955 bits per heavy atom. The minimum atomic E-state index is -0.875. The van der Waals surface area contributed by atoms with Gasteiger partial charge in [-0.25, -0.2) is 9.69 Å². The van der Waals surface area contributed by atoms with Crippen molar-refractivity contribution in [3.05, 3.63) is 104 Å². The number of phenols is 1. The van der Waals surface area contributed by atoms with E-state index in [2.05, 4.69) is 5.32 Å². The molecule has 0 radical (unpaired) electrons. The highest BCUT2D eigenvalue weighted by molar-refractivity contribution is 8.00. The summed E-state index contributed by atoms with van der Waals surface area (Å²) < 4.78 is 6.29. The van der Waals surface area contributed by atoms with Gasteiger partial charge in [0.15, 0.2) is 0 Å². The first-order valence-corrected chi connectivity index (χ1v) is 15.6. The summed E-state index contributed by atoms with van der Waals surface area (Å²) in [5.41, 5.74) is 2.61. The number of anilines is 2. The van der Waals surface area contributed by atoms with E-state index in [4.69, 9.17) is 4.74 Å². The van der Waals surface area contributed by atoms with E-state index in [0.717, 1.165) is 28.7 Å². The van der Waals surface area contributed by atoms with Gasteiger partial charge in [-0.3, -0.25) is 23.7 Å². The molecule has 6 rings (SSSR count). The Bertz CT molecular complexity index is 1850. The Kier molecular flexibility index (Phi) is 7.87. The van der Waals surface area contributed by atoms with E-state index < -0.39 is 45.6 Å². The Hall–Kier alpha value is -4.68. The van der Waals surface area contributed by atoms with Gasteiger partial charge >= 0.3 is 10.8 Å². The molecule has 2 N–H and O–H groups in total. The van der Waals surface area contributed by atoms with Crippen LogP contribution in [0.15, 0.2) is 82.6 Å². The molecule has 1 aromatic heterocycles. The second-order valence-corrected chi connectivity index (χ2v) is 12.5. The van der Waals surface area contributed by atoms with E-state index in [1.807, 2.05) is 19.1 Å². The van der Waals surface area contributed by atoms with Crippen molar-refractivity contribution < 1.29 is 29.0 Å². The highest BCUT2D eigenvalue weighted by Gasteiger charge is 2.57. The van der Waals surface area contributed by atoms with Crippen molar-refractivity contribution in [1.29, 1.82) is 0 Å². The zero-order valence-electron chi connectivity index (χ0n) is 23.7. The summed E-state index contributed by atoms with van der Waals surface area (Å²) in [6, 6.07) is 19.8. The fraction of sp³-hybridized carbons (Fsp3) is 0.219. The van der Waals surface area contributed by atoms with Crippen LogP contribution in [0.25, 0.3) is 0 Å². The summed E-state index contributed by atoms with van der Waals surface area (Å²) in [5, 5.41) is 13.1. The number of thiazole rings is 1. The highest BCUT2D eigenvalue weighted by atomic mass is 32.2. The van der Waals surface area contributed by atoms with Crippen LogP contribution in [0, 0.1) is 12.8 Å². The van der Waals surface area contributed by atoms with E-state index in [-0.39, 0.29) is 18.9 Å². The Morgan fingerprint density at radius 3 is 2.34 bits per heavy atom. The third-order valence-electron chi connectivity index (χ3n) is 7.59. The third-order valence-corrected chi connectivity index (χ3v) is 10.2. The molecule has 3 atom stereocenters. The molecule has 0 bridgehead atoms. The van der Waals surface area contributed by atoms with Crippen molar-refractivity contribution in [3.8, 4) is 5.75 Å². The molecule has 12 heteroatoms. The number of aromatic nitrogens is 1. The van der Waals surface area contributed by atoms with Crippen LogP contribution in [0.2, 0.25) is 0 Å². The molecule has 2 aliphatic rings. The van der Waals surface area contributed by atoms with Gasteiger partial charge in [0.05, 0.1) is 28.8 Å². The van der Waals surface area contributed by atoms with Crippen LogP contribution in [0.3, 0.4) is 0 Å². The predicted octanol–water partition coefficient (Wildman–Crippen LogP) is 4.54. The van der Waals surface area contributed by atoms with Gasteiger partial charge in [-0.2, -0.15) is 0 Å². The monoisotopic (exact) mass is 629 g/mol. The van der Waals surface area contributed by atoms with Gasteiger partial charge in [-0.1, -0.05) is 59.0 Å². The number of fused-ring (bicyclic) bond motifs is 2. The maximum atomic E-state index is 14.0. The van der Waals surface area contributed by atoms with Crippen LogP contribution in [0.1, 0.15) is 39.2 Å². The van der Waals surface area contributed by atoms with Gasteiger partial charge in [0.25, 0.3) is 0 Å². The molecule has 1 saturated heterocycles. The second-order valence-electron chi connectivity index (χ2n) is 10.4. The minimum Gasteiger partial charge on any atom is -0.508 e. The normalized spacial score (nSPS) is 19.0. The SMILES string of the molecule is CCOC(=O)c1ccc(NC(=O)Cn2c3c(sc2=O)[C@@H](c2ccccc2O)C2C(=O)N(c4ccc(C)cc4)C(=O)C2S3)cc1. The molecular formula is C32H27N3O7S2. The van der Waals surface area contributed by atoms with Crippen LogP contribution in [0.4, 0.5) is 11.4 Å². The molecule has 44 heavy (non-hydrogen) atoms. The molecule has 224 valence electrons. The predicted molar refractivity (Wildman–Crippen MR) is 166 cm³/mol. The zero-order chi connectivity index (χ0) is 31.1. The van der Waals surface area contributed by atoms with Crippen molar-refractivity contribution in [3.63, 3.8) is 0 Å². The molecule has 2 aliphatic heterocycles. The first-order chi connectivity index (χ1) is 21.2. The number of hydrogen-bond donors (Lipinski definition) is 2. The van der Waals surface area contributed by atoms with Crippen molar-refractivity contribution in [2.24, 2.45) is 5.92 Å². The number of esters is 1. The number of carbonyl (C=O) groups excluding carboxylic acids is 4. The van der Waals surface area contributed by atoms with E-state index in [1.54, 1.807) is 49.4 Å². The third kappa shape index (κ3) is 5.20. The van der Waals surface area contributed by atoms with Gasteiger partial charge in [0, 0.05) is 22.0 Å². The number of benzene rings is 3. The number of ether oxygens (including phenoxy) is 1. The fourth-order valence-electron chi connectivity index (χ4n) is 5.54. The quantitative estimate of drug-likeness (QED) is 0.225. The molecule has 10 nitrogen and oxygen atoms in total. The molecule has 2 unspecified atom stereocenters. The van der Waals surface area contributed by atoms with Crippen LogP contribution in [0.5, 0.6) is 5.75 Å².